The van der Waals surface area contributed by atoms with Gasteiger partial charge in [0.25, 0.3) is 0 Å². The van der Waals surface area contributed by atoms with Crippen molar-refractivity contribution in [2.75, 3.05) is 26.4 Å². The maximum Gasteiger partial charge on any atom is 0.333 e. The fraction of sp³-hybridized carbons (Fsp3) is 0.214. The minimum absolute atomic E-state index is 0.0325. The topological polar surface area (TPSA) is 125 Å². The van der Waals surface area contributed by atoms with E-state index in [2.05, 4.69) is 29.2 Å². The van der Waals surface area contributed by atoms with E-state index in [-0.39, 0.29) is 43.5 Å². The van der Waals surface area contributed by atoms with Crippen molar-refractivity contribution in [2.45, 2.75) is 13.8 Å². The molecule has 9 heteroatoms. The molecule has 1 N–H and O–H groups in total. The Labute approximate surface area is 215 Å². The van der Waals surface area contributed by atoms with Crippen LogP contribution in [0.3, 0.4) is 0 Å². The van der Waals surface area contributed by atoms with Crippen LogP contribution in [0.2, 0.25) is 0 Å². The highest BCUT2D eigenvalue weighted by Crippen LogP contribution is 2.25. The molecule has 0 aliphatic heterocycles. The zero-order valence-electron chi connectivity index (χ0n) is 20.9. The average Bonchev–Trinajstić information content (AvgIpc) is 2.89. The summed E-state index contributed by atoms with van der Waals surface area (Å²) in [5.74, 6) is -1.57. The normalized spacial score (nSPS) is 9.57. The Morgan fingerprint density at radius 2 is 1.35 bits per heavy atom. The van der Waals surface area contributed by atoms with Gasteiger partial charge in [-0.3, -0.25) is 4.79 Å². The minimum atomic E-state index is -0.528. The highest BCUT2D eigenvalue weighted by atomic mass is 16.6. The Morgan fingerprint density at radius 1 is 0.811 bits per heavy atom. The van der Waals surface area contributed by atoms with Crippen LogP contribution in [0.1, 0.15) is 29.8 Å². The number of hydrogen-bond acceptors (Lipinski definition) is 9. The van der Waals surface area contributed by atoms with Crippen LogP contribution in [0.4, 0.5) is 0 Å². The Bertz CT molecular complexity index is 1110. The number of phenols is 1. The van der Waals surface area contributed by atoms with Gasteiger partial charge in [-0.05, 0) is 26.0 Å². The second kappa shape index (κ2) is 16.1. The molecule has 0 radical (unpaired) electrons. The van der Waals surface area contributed by atoms with Crippen LogP contribution in [-0.2, 0) is 28.6 Å². The third-order valence-corrected chi connectivity index (χ3v) is 4.26. The molecule has 2 aromatic rings. The number of hydrogen-bond donors (Lipinski definition) is 1. The van der Waals surface area contributed by atoms with Crippen molar-refractivity contribution in [1.29, 1.82) is 0 Å². The summed E-state index contributed by atoms with van der Waals surface area (Å²) in [5.41, 5.74) is 1.32. The van der Waals surface area contributed by atoms with Crippen LogP contribution >= 0.6 is 0 Å². The van der Waals surface area contributed by atoms with Gasteiger partial charge in [-0.25, -0.2) is 14.4 Å². The molecule has 0 amide bonds. The molecule has 0 fully saturated rings. The molecule has 2 rings (SSSR count). The summed E-state index contributed by atoms with van der Waals surface area (Å²) < 4.78 is 19.5. The summed E-state index contributed by atoms with van der Waals surface area (Å²) in [7, 11) is 0. The second-order valence-electron chi connectivity index (χ2n) is 7.43. The Kier molecular flexibility index (Phi) is 13.2. The van der Waals surface area contributed by atoms with Crippen molar-refractivity contribution in [3.05, 3.63) is 96.6 Å². The molecular formula is C28H30O9. The quantitative estimate of drug-likeness (QED) is 0.148. The number of carbonyl (C=O) groups is 4. The molecular weight excluding hydrogens is 480 g/mol. The molecule has 0 unspecified atom stereocenters. The van der Waals surface area contributed by atoms with Crippen LogP contribution in [0.5, 0.6) is 11.5 Å². The summed E-state index contributed by atoms with van der Waals surface area (Å²) in [6, 6.07) is 13.1. The second-order valence-corrected chi connectivity index (χ2v) is 7.43. The largest absolute Gasteiger partial charge is 0.507 e. The number of carbonyl (C=O) groups excluding carboxylic acids is 4. The van der Waals surface area contributed by atoms with E-state index < -0.39 is 17.9 Å². The van der Waals surface area contributed by atoms with Gasteiger partial charge in [0.1, 0.15) is 37.9 Å². The lowest BCUT2D eigenvalue weighted by molar-refractivity contribution is -0.147. The Hall–Kier alpha value is -4.66. The number of esters is 3. The van der Waals surface area contributed by atoms with E-state index in [1.807, 2.05) is 6.07 Å². The number of ketones is 1. The zero-order valence-corrected chi connectivity index (χ0v) is 20.9. The maximum absolute atomic E-state index is 12.3. The van der Waals surface area contributed by atoms with Gasteiger partial charge < -0.3 is 24.1 Å². The predicted molar refractivity (Wildman–Crippen MR) is 136 cm³/mol. The van der Waals surface area contributed by atoms with Gasteiger partial charge in [0.2, 0.25) is 0 Å². The molecule has 0 spiro atoms. The van der Waals surface area contributed by atoms with E-state index in [0.29, 0.717) is 22.5 Å². The van der Waals surface area contributed by atoms with Crippen molar-refractivity contribution >= 4 is 23.7 Å². The van der Waals surface area contributed by atoms with Crippen molar-refractivity contribution < 1.29 is 43.2 Å². The molecule has 37 heavy (non-hydrogen) atoms. The van der Waals surface area contributed by atoms with E-state index in [1.165, 1.54) is 12.1 Å². The Balaban J connectivity index is 0.000000422. The van der Waals surface area contributed by atoms with Crippen molar-refractivity contribution in [3.63, 3.8) is 0 Å². The molecule has 9 nitrogen and oxygen atoms in total. The molecule has 0 saturated carbocycles. The lowest BCUT2D eigenvalue weighted by Gasteiger charge is -2.09. The zero-order chi connectivity index (χ0) is 27.8. The van der Waals surface area contributed by atoms with E-state index in [0.717, 1.165) is 6.08 Å². The fourth-order valence-electron chi connectivity index (χ4n) is 2.41. The summed E-state index contributed by atoms with van der Waals surface area (Å²) in [6.07, 6.45) is 1.07. The van der Waals surface area contributed by atoms with Crippen LogP contribution < -0.4 is 4.74 Å². The van der Waals surface area contributed by atoms with Gasteiger partial charge >= 0.3 is 17.9 Å². The number of aromatic hydroxyl groups is 1. The lowest BCUT2D eigenvalue weighted by Crippen LogP contribution is -2.14. The van der Waals surface area contributed by atoms with Crippen molar-refractivity contribution in [3.8, 4) is 11.5 Å². The molecule has 0 heterocycles. The lowest BCUT2D eigenvalue weighted by atomic mass is 10.0. The molecule has 0 aliphatic rings. The van der Waals surface area contributed by atoms with Crippen LogP contribution in [0.15, 0.2) is 85.5 Å². The van der Waals surface area contributed by atoms with E-state index >= 15 is 0 Å². The molecule has 2 aromatic carbocycles. The van der Waals surface area contributed by atoms with Gasteiger partial charge in [0.15, 0.2) is 5.78 Å². The van der Waals surface area contributed by atoms with E-state index in [4.69, 9.17) is 9.47 Å². The maximum atomic E-state index is 12.3. The van der Waals surface area contributed by atoms with Gasteiger partial charge in [-0.1, -0.05) is 50.1 Å². The molecule has 196 valence electrons. The van der Waals surface area contributed by atoms with E-state index in [1.54, 1.807) is 44.2 Å². The van der Waals surface area contributed by atoms with Crippen LogP contribution in [0, 0.1) is 0 Å². The van der Waals surface area contributed by atoms with Crippen molar-refractivity contribution in [1.82, 2.24) is 0 Å². The SMILES string of the molecule is C=C(C)C(=O)OCCOC(=O)C(=C)C.C=CC(=O)OCCOc1ccc(C(=O)c2ccccc2)c(O)c1. The predicted octanol–water partition coefficient (Wildman–Crippen LogP) is 3.96. The summed E-state index contributed by atoms with van der Waals surface area (Å²) in [6.45, 7) is 13.4. The summed E-state index contributed by atoms with van der Waals surface area (Å²) >= 11 is 0. The minimum Gasteiger partial charge on any atom is -0.507 e. The Morgan fingerprint density at radius 3 is 1.84 bits per heavy atom. The third-order valence-electron chi connectivity index (χ3n) is 4.26. The first-order valence-corrected chi connectivity index (χ1v) is 11.1. The molecule has 0 bridgehead atoms. The number of rotatable bonds is 12. The van der Waals surface area contributed by atoms with Gasteiger partial charge in [0.05, 0.1) is 5.56 Å². The highest BCUT2D eigenvalue weighted by molar-refractivity contribution is 6.10. The average molecular weight is 511 g/mol. The first-order chi connectivity index (χ1) is 17.6. The van der Waals surface area contributed by atoms with Gasteiger partial charge in [-0.15, -0.1) is 0 Å². The van der Waals surface area contributed by atoms with E-state index in [9.17, 15) is 24.3 Å². The number of phenolic OH excluding ortho intramolecular Hbond substituents is 1. The third kappa shape index (κ3) is 11.5. The van der Waals surface area contributed by atoms with Crippen LogP contribution in [-0.4, -0.2) is 55.2 Å². The van der Waals surface area contributed by atoms with Crippen LogP contribution in [0.25, 0.3) is 0 Å². The first-order valence-electron chi connectivity index (χ1n) is 11.1. The monoisotopic (exact) mass is 510 g/mol. The standard InChI is InChI=1S/C18H16O5.C10H14O4/c1-2-17(20)23-11-10-22-14-8-9-15(16(19)12-14)18(21)13-6-4-3-5-7-13;1-7(2)9(11)13-5-6-14-10(12)8(3)4/h2-9,12,19H,1,10-11H2;1,3,5-6H2,2,4H3. The molecule has 0 saturated heterocycles. The first kappa shape index (κ1) is 30.4. The van der Waals surface area contributed by atoms with Crippen molar-refractivity contribution in [2.24, 2.45) is 0 Å². The number of ether oxygens (including phenoxy) is 4. The summed E-state index contributed by atoms with van der Waals surface area (Å²) in [5, 5.41) is 10.0. The molecule has 0 aliphatic carbocycles. The highest BCUT2D eigenvalue weighted by Gasteiger charge is 2.14. The fourth-order valence-corrected chi connectivity index (χ4v) is 2.41. The molecule has 0 atom stereocenters. The van der Waals surface area contributed by atoms with Gasteiger partial charge in [0, 0.05) is 28.9 Å². The summed E-state index contributed by atoms with van der Waals surface area (Å²) in [4.78, 5) is 44.8. The number of benzene rings is 2. The molecule has 0 aromatic heterocycles. The van der Waals surface area contributed by atoms with Gasteiger partial charge in [-0.2, -0.15) is 0 Å². The smallest absolute Gasteiger partial charge is 0.333 e.